The van der Waals surface area contributed by atoms with Crippen molar-refractivity contribution < 1.29 is 22.7 Å². The minimum Gasteiger partial charge on any atom is -0.457 e. The third-order valence-corrected chi connectivity index (χ3v) is 8.78. The van der Waals surface area contributed by atoms with E-state index in [9.17, 15) is 18.0 Å². The summed E-state index contributed by atoms with van der Waals surface area (Å²) in [6.07, 6.45) is 6.55. The van der Waals surface area contributed by atoms with Crippen LogP contribution in [0.5, 0.6) is 11.5 Å². The summed E-state index contributed by atoms with van der Waals surface area (Å²) in [5.41, 5.74) is 1.10. The fourth-order valence-corrected chi connectivity index (χ4v) is 6.14. The zero-order valence-electron chi connectivity index (χ0n) is 24.0. The lowest BCUT2D eigenvalue weighted by Gasteiger charge is -2.34. The first-order chi connectivity index (χ1) is 20.1. The van der Waals surface area contributed by atoms with E-state index < -0.39 is 28.5 Å². The number of carbonyl (C=O) groups is 2. The van der Waals surface area contributed by atoms with Gasteiger partial charge in [0.1, 0.15) is 24.1 Å². The van der Waals surface area contributed by atoms with Crippen LogP contribution in [0.3, 0.4) is 0 Å². The number of nitrogens with one attached hydrogen (secondary N) is 1. The van der Waals surface area contributed by atoms with Crippen molar-refractivity contribution in [2.75, 3.05) is 17.1 Å². The number of rotatable bonds is 12. The van der Waals surface area contributed by atoms with Gasteiger partial charge < -0.3 is 15.0 Å². The molecule has 0 aromatic heterocycles. The van der Waals surface area contributed by atoms with E-state index in [4.69, 9.17) is 16.3 Å². The van der Waals surface area contributed by atoms with Crippen molar-refractivity contribution in [3.8, 4) is 11.5 Å². The molecule has 4 rings (SSSR count). The number of halogens is 1. The number of hydrogen-bond acceptors (Lipinski definition) is 5. The lowest BCUT2D eigenvalue weighted by atomic mass is 9.95. The first kappa shape index (κ1) is 31.4. The number of para-hydroxylation sites is 1. The number of benzene rings is 3. The van der Waals surface area contributed by atoms with Gasteiger partial charge in [0.2, 0.25) is 21.8 Å². The number of amides is 2. The summed E-state index contributed by atoms with van der Waals surface area (Å²) in [5.74, 6) is 0.473. The number of carbonyl (C=O) groups excluding carboxylic acids is 2. The summed E-state index contributed by atoms with van der Waals surface area (Å²) in [5, 5.41) is 3.70. The number of sulfonamides is 1. The summed E-state index contributed by atoms with van der Waals surface area (Å²) in [6, 6.07) is 22.1. The maximum atomic E-state index is 13.9. The second-order valence-corrected chi connectivity index (χ2v) is 12.9. The lowest BCUT2D eigenvalue weighted by Crippen LogP contribution is -2.53. The predicted octanol–water partition coefficient (Wildman–Crippen LogP) is 6.15. The molecule has 0 saturated heterocycles. The highest BCUT2D eigenvalue weighted by Crippen LogP contribution is 2.26. The van der Waals surface area contributed by atoms with Crippen LogP contribution < -0.4 is 14.4 Å². The van der Waals surface area contributed by atoms with E-state index in [-0.39, 0.29) is 18.5 Å². The Morgan fingerprint density at radius 1 is 0.929 bits per heavy atom. The summed E-state index contributed by atoms with van der Waals surface area (Å²) < 4.78 is 32.7. The third kappa shape index (κ3) is 8.72. The Morgan fingerprint density at radius 2 is 1.55 bits per heavy atom. The normalized spacial score (nSPS) is 14.5. The Labute approximate surface area is 253 Å². The number of ether oxygens (including phenoxy) is 1. The molecule has 3 aromatic carbocycles. The third-order valence-electron chi connectivity index (χ3n) is 7.39. The Bertz CT molecular complexity index is 1430. The largest absolute Gasteiger partial charge is 0.457 e. The van der Waals surface area contributed by atoms with Crippen molar-refractivity contribution in [3.05, 3.63) is 89.4 Å². The van der Waals surface area contributed by atoms with Gasteiger partial charge >= 0.3 is 0 Å². The van der Waals surface area contributed by atoms with Gasteiger partial charge in [-0.15, -0.1) is 0 Å². The number of nitrogens with zero attached hydrogens (tertiary/aromatic N) is 2. The molecule has 0 radical (unpaired) electrons. The molecule has 0 spiro atoms. The molecule has 0 bridgehead atoms. The van der Waals surface area contributed by atoms with Crippen LogP contribution in [0, 0.1) is 0 Å². The van der Waals surface area contributed by atoms with Gasteiger partial charge in [0, 0.05) is 17.6 Å². The highest BCUT2D eigenvalue weighted by molar-refractivity contribution is 7.92. The van der Waals surface area contributed by atoms with Crippen molar-refractivity contribution >= 4 is 39.1 Å². The smallest absolute Gasteiger partial charge is 0.244 e. The Kier molecular flexibility index (Phi) is 10.9. The molecule has 0 aliphatic heterocycles. The predicted molar refractivity (Wildman–Crippen MR) is 166 cm³/mol. The van der Waals surface area contributed by atoms with Crippen molar-refractivity contribution in [2.45, 2.75) is 64.1 Å². The van der Waals surface area contributed by atoms with Gasteiger partial charge in [-0.25, -0.2) is 8.42 Å². The van der Waals surface area contributed by atoms with Crippen LogP contribution in [0.15, 0.2) is 78.9 Å². The lowest BCUT2D eigenvalue weighted by molar-refractivity contribution is -0.140. The van der Waals surface area contributed by atoms with E-state index in [2.05, 4.69) is 5.32 Å². The fraction of sp³-hybridized carbons (Fsp3) is 0.375. The minimum absolute atomic E-state index is 0.0805. The molecule has 224 valence electrons. The Morgan fingerprint density at radius 3 is 2.14 bits per heavy atom. The zero-order chi connectivity index (χ0) is 30.1. The molecule has 42 heavy (non-hydrogen) atoms. The standard InChI is InChI=1S/C32H38ClN3O5S/c1-3-30(32(38)34-26-10-6-4-7-11-26)35(22-24-14-16-25(33)17-15-24)31(37)23-36(42(2,39)40)27-18-20-29(21-19-27)41-28-12-8-5-9-13-28/h5,8-9,12-21,26,30H,3-4,6-7,10-11,22-23H2,1-2H3,(H,34,38)/t30-/m0/s1. The maximum absolute atomic E-state index is 13.9. The Balaban J connectivity index is 1.57. The van der Waals surface area contributed by atoms with Crippen molar-refractivity contribution in [2.24, 2.45) is 0 Å². The molecule has 1 N–H and O–H groups in total. The second kappa shape index (κ2) is 14.6. The van der Waals surface area contributed by atoms with E-state index in [0.29, 0.717) is 28.6 Å². The van der Waals surface area contributed by atoms with Gasteiger partial charge in [-0.3, -0.25) is 13.9 Å². The van der Waals surface area contributed by atoms with Crippen LogP contribution in [0.1, 0.15) is 51.0 Å². The molecule has 1 saturated carbocycles. The van der Waals surface area contributed by atoms with Crippen LogP contribution in [-0.2, 0) is 26.2 Å². The highest BCUT2D eigenvalue weighted by atomic mass is 35.5. The van der Waals surface area contributed by atoms with Gasteiger partial charge in [0.25, 0.3) is 0 Å². The average molecular weight is 612 g/mol. The topological polar surface area (TPSA) is 96.0 Å². The summed E-state index contributed by atoms with van der Waals surface area (Å²) in [6.45, 7) is 1.53. The van der Waals surface area contributed by atoms with Gasteiger partial charge in [0.15, 0.2) is 0 Å². The molecular formula is C32H38ClN3O5S. The zero-order valence-corrected chi connectivity index (χ0v) is 25.6. The van der Waals surface area contributed by atoms with Crippen molar-refractivity contribution in [1.29, 1.82) is 0 Å². The monoisotopic (exact) mass is 611 g/mol. The Hall–Kier alpha value is -3.56. The molecule has 1 fully saturated rings. The molecule has 8 nitrogen and oxygen atoms in total. The van der Waals surface area contributed by atoms with E-state index >= 15 is 0 Å². The second-order valence-electron chi connectivity index (χ2n) is 10.6. The van der Waals surface area contributed by atoms with E-state index in [0.717, 1.165) is 48.2 Å². The van der Waals surface area contributed by atoms with Crippen LogP contribution in [0.25, 0.3) is 0 Å². The molecule has 10 heteroatoms. The maximum Gasteiger partial charge on any atom is 0.244 e. The molecule has 1 aliphatic rings. The van der Waals surface area contributed by atoms with E-state index in [1.54, 1.807) is 48.5 Å². The molecule has 3 aromatic rings. The van der Waals surface area contributed by atoms with Crippen molar-refractivity contribution in [1.82, 2.24) is 10.2 Å². The SMILES string of the molecule is CC[C@@H](C(=O)NC1CCCCC1)N(Cc1ccc(Cl)cc1)C(=O)CN(c1ccc(Oc2ccccc2)cc1)S(C)(=O)=O. The van der Waals surface area contributed by atoms with Crippen LogP contribution in [0.2, 0.25) is 5.02 Å². The minimum atomic E-state index is -3.85. The van der Waals surface area contributed by atoms with E-state index in [1.165, 1.54) is 4.90 Å². The average Bonchev–Trinajstić information content (AvgIpc) is 2.98. The summed E-state index contributed by atoms with van der Waals surface area (Å²) >= 11 is 6.08. The van der Waals surface area contributed by atoms with Gasteiger partial charge in [-0.1, -0.05) is 68.1 Å². The van der Waals surface area contributed by atoms with Crippen molar-refractivity contribution in [3.63, 3.8) is 0 Å². The number of hydrogen-bond donors (Lipinski definition) is 1. The fourth-order valence-electron chi connectivity index (χ4n) is 5.17. The number of anilines is 1. The van der Waals surface area contributed by atoms with E-state index in [1.807, 2.05) is 37.3 Å². The highest BCUT2D eigenvalue weighted by Gasteiger charge is 2.32. The molecule has 0 unspecified atom stereocenters. The molecule has 1 atom stereocenters. The first-order valence-corrected chi connectivity index (χ1v) is 16.5. The van der Waals surface area contributed by atoms with Gasteiger partial charge in [0.05, 0.1) is 11.9 Å². The molecule has 1 aliphatic carbocycles. The van der Waals surface area contributed by atoms with Gasteiger partial charge in [-0.05, 0) is 73.4 Å². The van der Waals surface area contributed by atoms with Crippen LogP contribution in [0.4, 0.5) is 5.69 Å². The molecular weight excluding hydrogens is 574 g/mol. The quantitative estimate of drug-likeness (QED) is 0.265. The van der Waals surface area contributed by atoms with Gasteiger partial charge in [-0.2, -0.15) is 0 Å². The first-order valence-electron chi connectivity index (χ1n) is 14.3. The van der Waals surface area contributed by atoms with Crippen LogP contribution in [-0.4, -0.2) is 50.0 Å². The summed E-state index contributed by atoms with van der Waals surface area (Å²) in [4.78, 5) is 28.9. The summed E-state index contributed by atoms with van der Waals surface area (Å²) in [7, 11) is -3.85. The molecule has 0 heterocycles. The molecule has 2 amide bonds. The van der Waals surface area contributed by atoms with Crippen LogP contribution >= 0.6 is 11.6 Å².